The van der Waals surface area contributed by atoms with Gasteiger partial charge >= 0.3 is 0 Å². The van der Waals surface area contributed by atoms with Crippen LogP contribution in [-0.2, 0) is 10.2 Å². The summed E-state index contributed by atoms with van der Waals surface area (Å²) in [6.45, 7) is 9.70. The second-order valence-corrected chi connectivity index (χ2v) is 11.9. The molecule has 6 rings (SSSR count). The van der Waals surface area contributed by atoms with Crippen molar-refractivity contribution in [1.82, 2.24) is 19.8 Å². The van der Waals surface area contributed by atoms with Crippen LogP contribution in [0.2, 0.25) is 0 Å². The van der Waals surface area contributed by atoms with Crippen molar-refractivity contribution < 1.29 is 9.59 Å². The summed E-state index contributed by atoms with van der Waals surface area (Å²) >= 11 is 0. The first kappa shape index (κ1) is 21.7. The zero-order valence-corrected chi connectivity index (χ0v) is 19.9. The summed E-state index contributed by atoms with van der Waals surface area (Å²) in [6, 6.07) is 0. The van der Waals surface area contributed by atoms with Gasteiger partial charge < -0.3 is 14.8 Å². The third-order valence-electron chi connectivity index (χ3n) is 8.37. The van der Waals surface area contributed by atoms with Gasteiger partial charge in [0.2, 0.25) is 5.91 Å². The molecule has 5 fully saturated rings. The van der Waals surface area contributed by atoms with Crippen LogP contribution in [0.5, 0.6) is 0 Å². The number of aryl methyl sites for hydroxylation is 1. The lowest BCUT2D eigenvalue weighted by molar-refractivity contribution is -0.159. The summed E-state index contributed by atoms with van der Waals surface area (Å²) in [5, 5.41) is 0. The number of hydrogen-bond donors (Lipinski definition) is 1. The Morgan fingerprint density at radius 1 is 0.938 bits per heavy atom. The van der Waals surface area contributed by atoms with E-state index in [1.54, 1.807) is 11.8 Å². The van der Waals surface area contributed by atoms with Crippen LogP contribution in [0.15, 0.2) is 4.79 Å². The van der Waals surface area contributed by atoms with Gasteiger partial charge in [-0.1, -0.05) is 20.8 Å². The fraction of sp³-hybridized carbons (Fsp3) is 0.760. The number of nitrogens with zero attached hydrogens (tertiary/aromatic N) is 3. The lowest BCUT2D eigenvalue weighted by Gasteiger charge is -2.57. The molecule has 1 aromatic rings. The SMILES string of the molecule is Cc1nc(C(C)(C)C)[nH]c(=O)c1C(=O)N1CCN(C(=O)C23CC4CC(CC(C4)C2)C3)CC1. The molecular formula is C25H36N4O3. The lowest BCUT2D eigenvalue weighted by atomic mass is 9.49. The molecule has 1 aromatic heterocycles. The van der Waals surface area contributed by atoms with Crippen molar-refractivity contribution in [2.75, 3.05) is 26.2 Å². The van der Waals surface area contributed by atoms with Crippen LogP contribution in [0, 0.1) is 30.1 Å². The Labute approximate surface area is 190 Å². The number of rotatable bonds is 2. The van der Waals surface area contributed by atoms with E-state index in [2.05, 4.69) is 9.97 Å². The fourth-order valence-electron chi connectivity index (χ4n) is 7.17. The van der Waals surface area contributed by atoms with Gasteiger partial charge in [0.25, 0.3) is 11.5 Å². The number of nitrogens with one attached hydrogen (secondary N) is 1. The second kappa shape index (κ2) is 7.42. The maximum Gasteiger partial charge on any atom is 0.264 e. The number of hydrogen-bond acceptors (Lipinski definition) is 4. The zero-order chi connectivity index (χ0) is 22.8. The standard InChI is InChI=1S/C25H36N4O3/c1-15-19(20(30)27-22(26-15)24(2,3)4)21(31)28-5-7-29(8-6-28)23(32)25-12-16-9-17(13-25)11-18(10-16)14-25/h16-18H,5-14H2,1-4H3,(H,26,27,30). The first-order valence-electron chi connectivity index (χ1n) is 12.3. The van der Waals surface area contributed by atoms with Gasteiger partial charge in [-0.05, 0) is 63.2 Å². The maximum atomic E-state index is 13.6. The predicted molar refractivity (Wildman–Crippen MR) is 121 cm³/mol. The Bertz CT molecular complexity index is 962. The van der Waals surface area contributed by atoms with Crippen molar-refractivity contribution >= 4 is 11.8 Å². The molecule has 0 atom stereocenters. The highest BCUT2D eigenvalue weighted by molar-refractivity contribution is 5.95. The van der Waals surface area contributed by atoms with Crippen LogP contribution in [0.1, 0.15) is 81.2 Å². The topological polar surface area (TPSA) is 86.4 Å². The average molecular weight is 441 g/mol. The Hall–Kier alpha value is -2.18. The van der Waals surface area contributed by atoms with E-state index >= 15 is 0 Å². The van der Waals surface area contributed by atoms with Crippen molar-refractivity contribution in [2.45, 2.75) is 71.6 Å². The molecule has 0 radical (unpaired) electrons. The summed E-state index contributed by atoms with van der Waals surface area (Å²) < 4.78 is 0. The predicted octanol–water partition coefficient (Wildman–Crippen LogP) is 2.88. The normalized spacial score (nSPS) is 31.8. The lowest BCUT2D eigenvalue weighted by Crippen LogP contribution is -2.58. The van der Waals surface area contributed by atoms with Crippen molar-refractivity contribution in [3.63, 3.8) is 0 Å². The van der Waals surface area contributed by atoms with Crippen LogP contribution in [-0.4, -0.2) is 57.8 Å². The zero-order valence-electron chi connectivity index (χ0n) is 19.9. The van der Waals surface area contributed by atoms with Gasteiger partial charge in [-0.3, -0.25) is 14.4 Å². The molecule has 2 heterocycles. The van der Waals surface area contributed by atoms with E-state index in [0.29, 0.717) is 43.6 Å². The average Bonchev–Trinajstić information content (AvgIpc) is 2.71. The fourth-order valence-corrected chi connectivity index (χ4v) is 7.17. The molecule has 4 saturated carbocycles. The van der Waals surface area contributed by atoms with Crippen molar-refractivity contribution in [1.29, 1.82) is 0 Å². The van der Waals surface area contributed by atoms with Crippen LogP contribution >= 0.6 is 0 Å². The molecule has 32 heavy (non-hydrogen) atoms. The largest absolute Gasteiger partial charge is 0.339 e. The summed E-state index contributed by atoms with van der Waals surface area (Å²) in [6.07, 6.45) is 7.17. The van der Waals surface area contributed by atoms with Crippen molar-refractivity contribution in [2.24, 2.45) is 23.2 Å². The molecule has 1 aliphatic heterocycles. The minimum atomic E-state index is -0.375. The number of H-pyrrole nitrogens is 1. The number of piperazine rings is 1. The molecule has 4 aliphatic carbocycles. The Kier molecular flexibility index (Phi) is 5.02. The summed E-state index contributed by atoms with van der Waals surface area (Å²) in [7, 11) is 0. The van der Waals surface area contributed by atoms with E-state index in [4.69, 9.17) is 0 Å². The summed E-state index contributed by atoms with van der Waals surface area (Å²) in [5.41, 5.74) is -0.218. The minimum Gasteiger partial charge on any atom is -0.339 e. The molecule has 1 saturated heterocycles. The summed E-state index contributed by atoms with van der Waals surface area (Å²) in [4.78, 5) is 50.5. The monoisotopic (exact) mass is 440 g/mol. The molecule has 1 N–H and O–H groups in total. The van der Waals surface area contributed by atoms with E-state index in [1.165, 1.54) is 19.3 Å². The minimum absolute atomic E-state index is 0.124. The highest BCUT2D eigenvalue weighted by Crippen LogP contribution is 2.60. The third-order valence-corrected chi connectivity index (χ3v) is 8.37. The third kappa shape index (κ3) is 3.57. The molecule has 5 aliphatic rings. The highest BCUT2D eigenvalue weighted by Gasteiger charge is 2.55. The van der Waals surface area contributed by atoms with Crippen molar-refractivity contribution in [3.8, 4) is 0 Å². The highest BCUT2D eigenvalue weighted by atomic mass is 16.2. The molecule has 0 spiro atoms. The Morgan fingerprint density at radius 2 is 1.44 bits per heavy atom. The molecule has 7 nitrogen and oxygen atoms in total. The first-order chi connectivity index (χ1) is 15.1. The van der Waals surface area contributed by atoms with E-state index in [9.17, 15) is 14.4 Å². The van der Waals surface area contributed by atoms with Gasteiger partial charge in [-0.15, -0.1) is 0 Å². The van der Waals surface area contributed by atoms with Crippen molar-refractivity contribution in [3.05, 3.63) is 27.4 Å². The van der Waals surface area contributed by atoms with Gasteiger partial charge in [0.15, 0.2) is 0 Å². The smallest absolute Gasteiger partial charge is 0.264 e. The molecule has 0 aromatic carbocycles. The van der Waals surface area contributed by atoms with Crippen LogP contribution in [0.3, 0.4) is 0 Å². The first-order valence-corrected chi connectivity index (χ1v) is 12.3. The number of amides is 2. The number of carbonyl (C=O) groups is 2. The molecule has 174 valence electrons. The molecule has 7 heteroatoms. The molecular weight excluding hydrogens is 404 g/mol. The maximum absolute atomic E-state index is 13.6. The van der Waals surface area contributed by atoms with Gasteiger partial charge in [0.05, 0.1) is 11.1 Å². The number of aromatic amines is 1. The Morgan fingerprint density at radius 3 is 1.91 bits per heavy atom. The van der Waals surface area contributed by atoms with Gasteiger partial charge in [-0.25, -0.2) is 4.98 Å². The van der Waals surface area contributed by atoms with Crippen LogP contribution in [0.4, 0.5) is 0 Å². The molecule has 4 bridgehead atoms. The van der Waals surface area contributed by atoms with E-state index in [-0.39, 0.29) is 27.9 Å². The quantitative estimate of drug-likeness (QED) is 0.766. The number of carbonyl (C=O) groups excluding carboxylic acids is 2. The van der Waals surface area contributed by atoms with Crippen LogP contribution < -0.4 is 5.56 Å². The molecule has 2 amide bonds. The van der Waals surface area contributed by atoms with Gasteiger partial charge in [-0.2, -0.15) is 0 Å². The second-order valence-electron chi connectivity index (χ2n) is 11.9. The summed E-state index contributed by atoms with van der Waals surface area (Å²) in [5.74, 6) is 2.86. The number of aromatic nitrogens is 2. The van der Waals surface area contributed by atoms with E-state index < -0.39 is 0 Å². The molecule has 0 unspecified atom stereocenters. The van der Waals surface area contributed by atoms with Gasteiger partial charge in [0, 0.05) is 31.6 Å². The van der Waals surface area contributed by atoms with Gasteiger partial charge in [0.1, 0.15) is 11.4 Å². The van der Waals surface area contributed by atoms with E-state index in [0.717, 1.165) is 37.0 Å². The van der Waals surface area contributed by atoms with Crippen LogP contribution in [0.25, 0.3) is 0 Å². The Balaban J connectivity index is 1.27. The van der Waals surface area contributed by atoms with E-state index in [1.807, 2.05) is 25.7 Å².